The second kappa shape index (κ2) is 3.96. The van der Waals surface area contributed by atoms with Crippen LogP contribution in [0, 0.1) is 5.92 Å². The van der Waals surface area contributed by atoms with Crippen LogP contribution in [0.5, 0.6) is 0 Å². The lowest BCUT2D eigenvalue weighted by Crippen LogP contribution is -2.37. The highest BCUT2D eigenvalue weighted by molar-refractivity contribution is 5.43. The molecule has 0 radical (unpaired) electrons. The van der Waals surface area contributed by atoms with Crippen molar-refractivity contribution in [1.82, 2.24) is 10.4 Å². The first-order valence-electron chi connectivity index (χ1n) is 5.21. The number of pyridine rings is 1. The number of hydrogen-bond donors (Lipinski definition) is 1. The van der Waals surface area contributed by atoms with Crippen LogP contribution >= 0.6 is 0 Å². The Morgan fingerprint density at radius 3 is 3.00 bits per heavy atom. The number of hydrogen-bond acceptors (Lipinski definition) is 3. The Morgan fingerprint density at radius 2 is 2.43 bits per heavy atom. The molecule has 1 saturated heterocycles. The second-order valence-corrected chi connectivity index (χ2v) is 4.13. The van der Waals surface area contributed by atoms with Crippen molar-refractivity contribution >= 4 is 5.69 Å². The Hall–Kier alpha value is -1.09. The second-order valence-electron chi connectivity index (χ2n) is 4.13. The molecule has 3 heteroatoms. The minimum atomic E-state index is 0.607. The molecule has 0 amide bonds. The smallest absolute Gasteiger partial charge is 0.0703 e. The molecular weight excluding hydrogens is 174 g/mol. The van der Waals surface area contributed by atoms with Gasteiger partial charge in [-0.05, 0) is 24.5 Å². The fourth-order valence-electron chi connectivity index (χ4n) is 1.80. The van der Waals surface area contributed by atoms with Gasteiger partial charge in [-0.3, -0.25) is 4.98 Å². The standard InChI is InChI=1S/C11H17N3/c1-9(2)11-5-7-14(13-11)10-4-3-6-12-8-10/h3-4,6,8-9,11,13H,5,7H2,1-2H3. The van der Waals surface area contributed by atoms with Crippen molar-refractivity contribution < 1.29 is 0 Å². The zero-order valence-electron chi connectivity index (χ0n) is 8.77. The summed E-state index contributed by atoms with van der Waals surface area (Å²) < 4.78 is 0. The molecule has 76 valence electrons. The van der Waals surface area contributed by atoms with Crippen LogP contribution in [0.3, 0.4) is 0 Å². The van der Waals surface area contributed by atoms with E-state index in [4.69, 9.17) is 0 Å². The maximum atomic E-state index is 4.12. The van der Waals surface area contributed by atoms with Gasteiger partial charge >= 0.3 is 0 Å². The van der Waals surface area contributed by atoms with E-state index in [-0.39, 0.29) is 0 Å². The van der Waals surface area contributed by atoms with Crippen molar-refractivity contribution in [3.8, 4) is 0 Å². The first kappa shape index (κ1) is 9.46. The summed E-state index contributed by atoms with van der Waals surface area (Å²) in [5.74, 6) is 0.691. The third-order valence-electron chi connectivity index (χ3n) is 2.75. The lowest BCUT2D eigenvalue weighted by Gasteiger charge is -2.21. The molecule has 0 saturated carbocycles. The van der Waals surface area contributed by atoms with Crippen molar-refractivity contribution in [3.05, 3.63) is 24.5 Å². The number of rotatable bonds is 2. The minimum absolute atomic E-state index is 0.607. The van der Waals surface area contributed by atoms with Crippen molar-refractivity contribution in [2.45, 2.75) is 26.3 Å². The Bertz CT molecular complexity index is 284. The van der Waals surface area contributed by atoms with Crippen LogP contribution in [-0.2, 0) is 0 Å². The number of aromatic nitrogens is 1. The topological polar surface area (TPSA) is 28.2 Å². The summed E-state index contributed by atoms with van der Waals surface area (Å²) in [4.78, 5) is 4.12. The molecular formula is C11H17N3. The average Bonchev–Trinajstić information content (AvgIpc) is 2.68. The molecule has 1 aliphatic heterocycles. The summed E-state index contributed by atoms with van der Waals surface area (Å²) in [6.07, 6.45) is 4.92. The SMILES string of the molecule is CC(C)C1CCN(c2cccnc2)N1. The fourth-order valence-corrected chi connectivity index (χ4v) is 1.80. The lowest BCUT2D eigenvalue weighted by molar-refractivity contribution is 0.447. The number of nitrogens with one attached hydrogen (secondary N) is 1. The molecule has 1 aromatic heterocycles. The van der Waals surface area contributed by atoms with Crippen molar-refractivity contribution in [2.24, 2.45) is 5.92 Å². The van der Waals surface area contributed by atoms with E-state index in [9.17, 15) is 0 Å². The molecule has 1 unspecified atom stereocenters. The predicted molar refractivity (Wildman–Crippen MR) is 58.0 cm³/mol. The maximum absolute atomic E-state index is 4.12. The van der Waals surface area contributed by atoms with Crippen LogP contribution in [0.25, 0.3) is 0 Å². The summed E-state index contributed by atoms with van der Waals surface area (Å²) in [7, 11) is 0. The summed E-state index contributed by atoms with van der Waals surface area (Å²) >= 11 is 0. The van der Waals surface area contributed by atoms with E-state index in [0.29, 0.717) is 12.0 Å². The number of nitrogens with zero attached hydrogens (tertiary/aromatic N) is 2. The predicted octanol–water partition coefficient (Wildman–Crippen LogP) is 1.82. The molecule has 2 rings (SSSR count). The number of anilines is 1. The van der Waals surface area contributed by atoms with Crippen LogP contribution < -0.4 is 10.4 Å². The molecule has 14 heavy (non-hydrogen) atoms. The average molecular weight is 191 g/mol. The van der Waals surface area contributed by atoms with E-state index < -0.39 is 0 Å². The van der Waals surface area contributed by atoms with Crippen LogP contribution in [0.4, 0.5) is 5.69 Å². The number of hydrazine groups is 1. The molecule has 1 aliphatic rings. The summed E-state index contributed by atoms with van der Waals surface area (Å²) in [6, 6.07) is 4.66. The minimum Gasteiger partial charge on any atom is -0.307 e. The Kier molecular flexibility index (Phi) is 2.68. The molecule has 0 aromatic carbocycles. The van der Waals surface area contributed by atoms with Crippen LogP contribution in [0.2, 0.25) is 0 Å². The molecule has 1 atom stereocenters. The molecule has 1 fully saturated rings. The van der Waals surface area contributed by atoms with Gasteiger partial charge in [0, 0.05) is 18.8 Å². The van der Waals surface area contributed by atoms with E-state index in [1.807, 2.05) is 12.3 Å². The van der Waals surface area contributed by atoms with Gasteiger partial charge in [-0.15, -0.1) is 0 Å². The molecule has 2 heterocycles. The van der Waals surface area contributed by atoms with Crippen LogP contribution in [0.1, 0.15) is 20.3 Å². The third kappa shape index (κ3) is 1.87. The quantitative estimate of drug-likeness (QED) is 0.773. The molecule has 3 nitrogen and oxygen atoms in total. The normalized spacial score (nSPS) is 21.9. The highest BCUT2D eigenvalue weighted by Gasteiger charge is 2.24. The largest absolute Gasteiger partial charge is 0.307 e. The van der Waals surface area contributed by atoms with Crippen LogP contribution in [-0.4, -0.2) is 17.6 Å². The summed E-state index contributed by atoms with van der Waals surface area (Å²) in [5.41, 5.74) is 4.66. The molecule has 1 aromatic rings. The zero-order valence-corrected chi connectivity index (χ0v) is 8.77. The van der Waals surface area contributed by atoms with Gasteiger partial charge in [0.05, 0.1) is 11.9 Å². The van der Waals surface area contributed by atoms with Crippen LogP contribution in [0.15, 0.2) is 24.5 Å². The fraction of sp³-hybridized carbons (Fsp3) is 0.545. The van der Waals surface area contributed by atoms with Gasteiger partial charge in [0.1, 0.15) is 0 Å². The first-order valence-corrected chi connectivity index (χ1v) is 5.21. The Balaban J connectivity index is 2.03. The zero-order chi connectivity index (χ0) is 9.97. The van der Waals surface area contributed by atoms with Gasteiger partial charge in [0.25, 0.3) is 0 Å². The van der Waals surface area contributed by atoms with Gasteiger partial charge in [0.15, 0.2) is 0 Å². The summed E-state index contributed by atoms with van der Waals surface area (Å²) in [6.45, 7) is 5.59. The third-order valence-corrected chi connectivity index (χ3v) is 2.75. The Morgan fingerprint density at radius 1 is 1.57 bits per heavy atom. The molecule has 1 N–H and O–H groups in total. The molecule has 0 spiro atoms. The first-order chi connectivity index (χ1) is 6.77. The van der Waals surface area contributed by atoms with E-state index in [1.54, 1.807) is 6.20 Å². The van der Waals surface area contributed by atoms with Gasteiger partial charge in [-0.2, -0.15) is 0 Å². The molecule has 0 aliphatic carbocycles. The van der Waals surface area contributed by atoms with E-state index >= 15 is 0 Å². The monoisotopic (exact) mass is 191 g/mol. The van der Waals surface area contributed by atoms with E-state index in [1.165, 1.54) is 6.42 Å². The highest BCUT2D eigenvalue weighted by atomic mass is 15.5. The van der Waals surface area contributed by atoms with Gasteiger partial charge in [-0.25, -0.2) is 5.43 Å². The van der Waals surface area contributed by atoms with Crippen molar-refractivity contribution in [2.75, 3.05) is 11.6 Å². The molecule has 0 bridgehead atoms. The van der Waals surface area contributed by atoms with E-state index in [0.717, 1.165) is 12.2 Å². The van der Waals surface area contributed by atoms with Gasteiger partial charge in [0.2, 0.25) is 0 Å². The maximum Gasteiger partial charge on any atom is 0.0703 e. The highest BCUT2D eigenvalue weighted by Crippen LogP contribution is 2.19. The Labute approximate surface area is 85.1 Å². The van der Waals surface area contributed by atoms with E-state index in [2.05, 4.69) is 35.3 Å². The summed E-state index contributed by atoms with van der Waals surface area (Å²) in [5, 5.41) is 2.19. The van der Waals surface area contributed by atoms with Crippen molar-refractivity contribution in [3.63, 3.8) is 0 Å². The lowest BCUT2D eigenvalue weighted by atomic mass is 10.0. The van der Waals surface area contributed by atoms with Gasteiger partial charge < -0.3 is 5.01 Å². The van der Waals surface area contributed by atoms with Crippen molar-refractivity contribution in [1.29, 1.82) is 0 Å². The van der Waals surface area contributed by atoms with Gasteiger partial charge in [-0.1, -0.05) is 13.8 Å².